The first kappa shape index (κ1) is 24.7. The van der Waals surface area contributed by atoms with Gasteiger partial charge in [-0.15, -0.1) is 0 Å². The van der Waals surface area contributed by atoms with E-state index in [2.05, 4.69) is 22.6 Å². The van der Waals surface area contributed by atoms with Crippen LogP contribution in [0.15, 0.2) is 0 Å². The van der Waals surface area contributed by atoms with Crippen molar-refractivity contribution in [2.24, 2.45) is 11.8 Å². The van der Waals surface area contributed by atoms with Gasteiger partial charge in [0, 0.05) is 3.92 Å². The van der Waals surface area contributed by atoms with Crippen molar-refractivity contribution in [1.29, 1.82) is 0 Å². The van der Waals surface area contributed by atoms with Gasteiger partial charge in [0.2, 0.25) is 0 Å². The molecule has 0 aromatic heterocycles. The monoisotopic (exact) mass is 508 g/mol. The molecule has 0 radical (unpaired) electrons. The minimum Gasteiger partial charge on any atom is -0.457 e. The molecular weight excluding hydrogens is 482 g/mol. The predicted octanol–water partition coefficient (Wildman–Crippen LogP) is 4.61. The average Bonchev–Trinajstić information content (AvgIpc) is 2.49. The Morgan fingerprint density at radius 2 is 1.68 bits per heavy atom. The minimum absolute atomic E-state index is 0.109. The van der Waals surface area contributed by atoms with Crippen LogP contribution in [0.3, 0.4) is 0 Å². The number of alkyl halides is 1. The summed E-state index contributed by atoms with van der Waals surface area (Å²) in [5.74, 6) is -0.382. The molecule has 4 atom stereocenters. The Kier molecular flexibility index (Phi) is 13.7. The first-order chi connectivity index (χ1) is 11.6. The van der Waals surface area contributed by atoms with E-state index >= 15 is 0 Å². The lowest BCUT2D eigenvalue weighted by Crippen LogP contribution is -2.31. The molecule has 0 aliphatic rings. The zero-order valence-electron chi connectivity index (χ0n) is 15.1. The number of hydrogen-bond acceptors (Lipinski definition) is 8. The number of esters is 1. The molecule has 0 fully saturated rings. The van der Waals surface area contributed by atoms with Crippen LogP contribution >= 0.6 is 41.8 Å². The summed E-state index contributed by atoms with van der Waals surface area (Å²) in [5.41, 5.74) is 0. The molecule has 0 rings (SSSR count). The standard InChI is InChI=1S/C15H26IO7PS/c1-9(2)6-10(3)13(17)20-8-12(23-15(19)25-24-5)22-14(18)21-7-11(4)16/h9-12,24H,6-8H2,1-5H3. The Balaban J connectivity index is 4.59. The molecule has 4 unspecified atom stereocenters. The van der Waals surface area contributed by atoms with Crippen molar-refractivity contribution >= 4 is 59.2 Å². The van der Waals surface area contributed by atoms with E-state index in [4.69, 9.17) is 18.9 Å². The van der Waals surface area contributed by atoms with E-state index in [0.29, 0.717) is 12.3 Å². The van der Waals surface area contributed by atoms with Gasteiger partial charge >= 0.3 is 17.4 Å². The van der Waals surface area contributed by atoms with Crippen LogP contribution in [0, 0.1) is 11.8 Å². The highest BCUT2D eigenvalue weighted by atomic mass is 127. The van der Waals surface area contributed by atoms with E-state index in [1.54, 1.807) is 6.92 Å². The highest BCUT2D eigenvalue weighted by molar-refractivity contribution is 14.1. The number of ether oxygens (including phenoxy) is 4. The Bertz CT molecular complexity index is 434. The van der Waals surface area contributed by atoms with Crippen LogP contribution in [0.25, 0.3) is 0 Å². The highest BCUT2D eigenvalue weighted by Gasteiger charge is 2.24. The van der Waals surface area contributed by atoms with Crippen molar-refractivity contribution in [3.8, 4) is 0 Å². The summed E-state index contributed by atoms with van der Waals surface area (Å²) in [4.78, 5) is 35.2. The Labute approximate surface area is 168 Å². The number of carbonyl (C=O) groups is 3. The van der Waals surface area contributed by atoms with Gasteiger partial charge in [0.1, 0.15) is 6.61 Å². The van der Waals surface area contributed by atoms with Gasteiger partial charge in [-0.05, 0) is 30.4 Å². The molecule has 0 N–H and O–H groups in total. The van der Waals surface area contributed by atoms with Crippen LogP contribution in [0.4, 0.5) is 9.59 Å². The van der Waals surface area contributed by atoms with Crippen LogP contribution in [0.2, 0.25) is 0 Å². The average molecular weight is 508 g/mol. The normalized spacial score (nSPS) is 14.8. The van der Waals surface area contributed by atoms with Gasteiger partial charge in [-0.3, -0.25) is 4.79 Å². The van der Waals surface area contributed by atoms with Gasteiger partial charge in [0.05, 0.1) is 5.92 Å². The molecule has 25 heavy (non-hydrogen) atoms. The number of halogens is 1. The third kappa shape index (κ3) is 13.6. The first-order valence-corrected chi connectivity index (χ1v) is 12.1. The SMILES string of the molecule is CPSC(=O)OC(COC(=O)C(C)CC(C)C)OC(=O)OCC(C)I. The van der Waals surface area contributed by atoms with E-state index < -0.39 is 23.7 Å². The second-order valence-corrected chi connectivity index (χ2v) is 10.6. The summed E-state index contributed by atoms with van der Waals surface area (Å²) < 4.78 is 20.0. The van der Waals surface area contributed by atoms with E-state index in [-0.39, 0.29) is 30.8 Å². The first-order valence-electron chi connectivity index (χ1n) is 7.84. The number of carbonyl (C=O) groups excluding carboxylic acids is 3. The predicted molar refractivity (Wildman–Crippen MR) is 108 cm³/mol. The fourth-order valence-electron chi connectivity index (χ4n) is 1.73. The largest absolute Gasteiger partial charge is 0.511 e. The van der Waals surface area contributed by atoms with Crippen LogP contribution in [-0.2, 0) is 23.7 Å². The molecule has 0 aliphatic heterocycles. The highest BCUT2D eigenvalue weighted by Crippen LogP contribution is 2.27. The summed E-state index contributed by atoms with van der Waals surface area (Å²) in [5, 5.41) is -0.604. The van der Waals surface area contributed by atoms with Crippen molar-refractivity contribution in [1.82, 2.24) is 0 Å². The molecule has 0 bridgehead atoms. The summed E-state index contributed by atoms with van der Waals surface area (Å²) >= 11 is 3.04. The van der Waals surface area contributed by atoms with Crippen LogP contribution in [-0.4, -0.2) is 47.5 Å². The maximum absolute atomic E-state index is 12.0. The molecule has 7 nitrogen and oxygen atoms in total. The van der Waals surface area contributed by atoms with Crippen molar-refractivity contribution in [2.75, 3.05) is 19.9 Å². The maximum Gasteiger partial charge on any atom is 0.511 e. The molecule has 0 saturated heterocycles. The molecule has 146 valence electrons. The van der Waals surface area contributed by atoms with Gasteiger partial charge in [0.25, 0.3) is 6.29 Å². The topological polar surface area (TPSA) is 88.1 Å². The molecule has 0 heterocycles. The van der Waals surface area contributed by atoms with Gasteiger partial charge in [-0.2, -0.15) is 0 Å². The fourth-order valence-corrected chi connectivity index (χ4v) is 2.87. The van der Waals surface area contributed by atoms with Crippen LogP contribution in [0.5, 0.6) is 0 Å². The molecule has 0 aliphatic carbocycles. The summed E-state index contributed by atoms with van der Waals surface area (Å²) in [6, 6.07) is 0. The molecule has 10 heteroatoms. The van der Waals surface area contributed by atoms with E-state index in [1.165, 1.54) is 0 Å². The van der Waals surface area contributed by atoms with Crippen molar-refractivity contribution < 1.29 is 33.3 Å². The summed E-state index contributed by atoms with van der Waals surface area (Å²) in [7, 11) is 0.282. The third-order valence-electron chi connectivity index (χ3n) is 2.66. The van der Waals surface area contributed by atoms with Gasteiger partial charge in [-0.1, -0.05) is 58.1 Å². The van der Waals surface area contributed by atoms with Crippen molar-refractivity contribution in [2.45, 2.75) is 44.3 Å². The van der Waals surface area contributed by atoms with E-state index in [0.717, 1.165) is 11.4 Å². The molecule has 0 amide bonds. The smallest absolute Gasteiger partial charge is 0.457 e. The third-order valence-corrected chi connectivity index (χ3v) is 4.60. The lowest BCUT2D eigenvalue weighted by atomic mass is 9.99. The zero-order valence-corrected chi connectivity index (χ0v) is 19.0. The van der Waals surface area contributed by atoms with Crippen LogP contribution in [0.1, 0.15) is 34.1 Å². The lowest BCUT2D eigenvalue weighted by molar-refractivity contribution is -0.163. The molecule has 0 aromatic rings. The van der Waals surface area contributed by atoms with Crippen molar-refractivity contribution in [3.05, 3.63) is 0 Å². The molecule has 0 aromatic carbocycles. The van der Waals surface area contributed by atoms with Crippen LogP contribution < -0.4 is 0 Å². The van der Waals surface area contributed by atoms with E-state index in [9.17, 15) is 14.4 Å². The molecule has 0 spiro atoms. The van der Waals surface area contributed by atoms with E-state index in [1.807, 2.05) is 27.4 Å². The summed E-state index contributed by atoms with van der Waals surface area (Å²) in [6.45, 7) is 9.24. The quantitative estimate of drug-likeness (QED) is 0.106. The number of hydrogen-bond donors (Lipinski definition) is 0. The van der Waals surface area contributed by atoms with Gasteiger partial charge < -0.3 is 18.9 Å². The maximum atomic E-state index is 12.0. The van der Waals surface area contributed by atoms with Gasteiger partial charge in [0.15, 0.2) is 6.61 Å². The number of rotatable bonds is 10. The summed E-state index contributed by atoms with van der Waals surface area (Å²) in [6.07, 6.45) is -1.63. The fraction of sp³-hybridized carbons (Fsp3) is 0.800. The second-order valence-electron chi connectivity index (χ2n) is 5.72. The zero-order chi connectivity index (χ0) is 19.4. The second kappa shape index (κ2) is 13.9. The molecular formula is C15H26IO7PS. The Hall–Kier alpha value is -0.280. The molecule has 0 saturated carbocycles. The Morgan fingerprint density at radius 1 is 1.04 bits per heavy atom. The Morgan fingerprint density at radius 3 is 2.20 bits per heavy atom. The van der Waals surface area contributed by atoms with Crippen molar-refractivity contribution in [3.63, 3.8) is 0 Å². The van der Waals surface area contributed by atoms with Gasteiger partial charge in [-0.25, -0.2) is 9.59 Å². The lowest BCUT2D eigenvalue weighted by Gasteiger charge is -2.19. The minimum atomic E-state index is -1.33.